The molecule has 2 rings (SSSR count). The predicted octanol–water partition coefficient (Wildman–Crippen LogP) is 2.39. The molecule has 0 saturated carbocycles. The van der Waals surface area contributed by atoms with Crippen LogP contribution < -0.4 is 10.6 Å². The Balaban J connectivity index is 1.75. The maximum absolute atomic E-state index is 12.3. The van der Waals surface area contributed by atoms with Crippen molar-refractivity contribution in [2.45, 2.75) is 39.2 Å². The van der Waals surface area contributed by atoms with Gasteiger partial charge in [-0.05, 0) is 38.3 Å². The van der Waals surface area contributed by atoms with E-state index in [-0.39, 0.29) is 23.8 Å². The third-order valence-corrected chi connectivity index (χ3v) is 4.35. The summed E-state index contributed by atoms with van der Waals surface area (Å²) in [5.41, 5.74) is 0.742. The Morgan fingerprint density at radius 3 is 2.46 bits per heavy atom. The lowest BCUT2D eigenvalue weighted by Gasteiger charge is -2.31. The Morgan fingerprint density at radius 1 is 1.19 bits per heavy atom. The molecule has 1 atom stereocenters. The van der Waals surface area contributed by atoms with Gasteiger partial charge in [0.25, 0.3) is 5.91 Å². The van der Waals surface area contributed by atoms with Crippen molar-refractivity contribution in [3.05, 3.63) is 30.3 Å². The number of piperidine rings is 1. The van der Waals surface area contributed by atoms with Gasteiger partial charge >= 0.3 is 12.0 Å². The highest BCUT2D eigenvalue weighted by Gasteiger charge is 2.30. The third-order valence-electron chi connectivity index (χ3n) is 4.35. The van der Waals surface area contributed by atoms with E-state index < -0.39 is 6.10 Å². The highest BCUT2D eigenvalue weighted by atomic mass is 16.5. The SMILES string of the molecule is CCCNC(=O)[C@@H](C)OC(=O)C1CCN(C(=O)Nc2ccccc2)CC1. The van der Waals surface area contributed by atoms with Crippen molar-refractivity contribution >= 4 is 23.6 Å². The van der Waals surface area contributed by atoms with Gasteiger partial charge in [0.1, 0.15) is 0 Å². The van der Waals surface area contributed by atoms with Gasteiger partial charge < -0.3 is 20.3 Å². The van der Waals surface area contributed by atoms with Crippen molar-refractivity contribution < 1.29 is 19.1 Å². The van der Waals surface area contributed by atoms with Gasteiger partial charge in [0.2, 0.25) is 0 Å². The minimum atomic E-state index is -0.798. The molecule has 0 spiro atoms. The standard InChI is InChI=1S/C19H27N3O4/c1-3-11-20-17(23)14(2)26-18(24)15-9-12-22(13-10-15)19(25)21-16-7-5-4-6-8-16/h4-8,14-15H,3,9-13H2,1-2H3,(H,20,23)(H,21,25)/t14-/m1/s1. The molecule has 26 heavy (non-hydrogen) atoms. The fraction of sp³-hybridized carbons (Fsp3) is 0.526. The minimum Gasteiger partial charge on any atom is -0.452 e. The number of nitrogens with zero attached hydrogens (tertiary/aromatic N) is 1. The number of carbonyl (C=O) groups excluding carboxylic acids is 3. The van der Waals surface area contributed by atoms with Crippen molar-refractivity contribution in [1.29, 1.82) is 0 Å². The topological polar surface area (TPSA) is 87.7 Å². The number of urea groups is 1. The second-order valence-electron chi connectivity index (χ2n) is 6.43. The van der Waals surface area contributed by atoms with Gasteiger partial charge in [-0.3, -0.25) is 9.59 Å². The largest absolute Gasteiger partial charge is 0.452 e. The molecule has 1 aliphatic heterocycles. The molecule has 7 heteroatoms. The molecule has 3 amide bonds. The lowest BCUT2D eigenvalue weighted by molar-refractivity contribution is -0.159. The molecular formula is C19H27N3O4. The van der Waals surface area contributed by atoms with Crippen LogP contribution in [0, 0.1) is 5.92 Å². The average molecular weight is 361 g/mol. The fourth-order valence-electron chi connectivity index (χ4n) is 2.76. The smallest absolute Gasteiger partial charge is 0.321 e. The van der Waals surface area contributed by atoms with E-state index in [1.807, 2.05) is 37.3 Å². The predicted molar refractivity (Wildman–Crippen MR) is 98.6 cm³/mol. The van der Waals surface area contributed by atoms with Gasteiger partial charge in [0.05, 0.1) is 5.92 Å². The molecule has 1 fully saturated rings. The summed E-state index contributed by atoms with van der Waals surface area (Å²) in [5, 5.41) is 5.55. The van der Waals surface area contributed by atoms with Crippen molar-refractivity contribution in [2.24, 2.45) is 5.92 Å². The number of hydrogen-bond donors (Lipinski definition) is 2. The molecule has 0 bridgehead atoms. The summed E-state index contributed by atoms with van der Waals surface area (Å²) >= 11 is 0. The highest BCUT2D eigenvalue weighted by molar-refractivity contribution is 5.89. The first-order valence-electron chi connectivity index (χ1n) is 9.10. The van der Waals surface area contributed by atoms with Crippen molar-refractivity contribution in [3.8, 4) is 0 Å². The Bertz CT molecular complexity index is 612. The number of carbonyl (C=O) groups is 3. The Hall–Kier alpha value is -2.57. The second kappa shape index (κ2) is 9.79. The van der Waals surface area contributed by atoms with Crippen LogP contribution >= 0.6 is 0 Å². The molecule has 1 saturated heterocycles. The number of amides is 3. The summed E-state index contributed by atoms with van der Waals surface area (Å²) in [7, 11) is 0. The minimum absolute atomic E-state index is 0.171. The number of anilines is 1. The van der Waals surface area contributed by atoms with Crippen LogP contribution in [0.5, 0.6) is 0 Å². The molecule has 142 valence electrons. The third kappa shape index (κ3) is 5.75. The van der Waals surface area contributed by atoms with E-state index in [1.165, 1.54) is 0 Å². The van der Waals surface area contributed by atoms with E-state index in [0.717, 1.165) is 12.1 Å². The van der Waals surface area contributed by atoms with Gasteiger partial charge in [0.15, 0.2) is 6.10 Å². The molecule has 0 unspecified atom stereocenters. The van der Waals surface area contributed by atoms with Crippen LogP contribution in [0.2, 0.25) is 0 Å². The van der Waals surface area contributed by atoms with Crippen LogP contribution in [0.25, 0.3) is 0 Å². The fourth-order valence-corrected chi connectivity index (χ4v) is 2.76. The van der Waals surface area contributed by atoms with Crippen LogP contribution in [0.4, 0.5) is 10.5 Å². The summed E-state index contributed by atoms with van der Waals surface area (Å²) in [4.78, 5) is 38.0. The summed E-state index contributed by atoms with van der Waals surface area (Å²) in [6.07, 6.45) is 1.10. The average Bonchev–Trinajstić information content (AvgIpc) is 2.66. The van der Waals surface area contributed by atoms with Gasteiger partial charge in [-0.2, -0.15) is 0 Å². The number of hydrogen-bond acceptors (Lipinski definition) is 4. The van der Waals surface area contributed by atoms with Crippen molar-refractivity contribution in [1.82, 2.24) is 10.2 Å². The van der Waals surface area contributed by atoms with E-state index in [1.54, 1.807) is 11.8 Å². The van der Waals surface area contributed by atoms with E-state index >= 15 is 0 Å². The normalized spacial score (nSPS) is 15.8. The molecule has 7 nitrogen and oxygen atoms in total. The first kappa shape index (κ1) is 19.8. The van der Waals surface area contributed by atoms with Crippen LogP contribution in [0.15, 0.2) is 30.3 Å². The second-order valence-corrected chi connectivity index (χ2v) is 6.43. The highest BCUT2D eigenvalue weighted by Crippen LogP contribution is 2.20. The van der Waals surface area contributed by atoms with Crippen LogP contribution in [-0.4, -0.2) is 48.5 Å². The Morgan fingerprint density at radius 2 is 1.85 bits per heavy atom. The summed E-state index contributed by atoms with van der Waals surface area (Å²) < 4.78 is 5.27. The molecule has 0 radical (unpaired) electrons. The molecule has 1 heterocycles. The van der Waals surface area contributed by atoms with Crippen LogP contribution in [-0.2, 0) is 14.3 Å². The van der Waals surface area contributed by atoms with Crippen LogP contribution in [0.1, 0.15) is 33.1 Å². The number of likely N-dealkylation sites (tertiary alicyclic amines) is 1. The van der Waals surface area contributed by atoms with Gasteiger partial charge in [0, 0.05) is 25.3 Å². The zero-order valence-electron chi connectivity index (χ0n) is 15.4. The molecule has 2 N–H and O–H groups in total. The van der Waals surface area contributed by atoms with Gasteiger partial charge in [-0.15, -0.1) is 0 Å². The molecule has 1 aromatic rings. The number of esters is 1. The van der Waals surface area contributed by atoms with E-state index in [0.29, 0.717) is 32.5 Å². The number of nitrogens with one attached hydrogen (secondary N) is 2. The van der Waals surface area contributed by atoms with E-state index in [4.69, 9.17) is 4.74 Å². The summed E-state index contributed by atoms with van der Waals surface area (Å²) in [6, 6.07) is 9.08. The lowest BCUT2D eigenvalue weighted by Crippen LogP contribution is -2.44. The van der Waals surface area contributed by atoms with Crippen molar-refractivity contribution in [2.75, 3.05) is 25.0 Å². The number of benzene rings is 1. The molecule has 1 aromatic carbocycles. The first-order chi connectivity index (χ1) is 12.5. The van der Waals surface area contributed by atoms with Gasteiger partial charge in [-0.1, -0.05) is 25.1 Å². The zero-order valence-corrected chi connectivity index (χ0v) is 15.4. The van der Waals surface area contributed by atoms with Crippen LogP contribution in [0.3, 0.4) is 0 Å². The quantitative estimate of drug-likeness (QED) is 0.762. The number of ether oxygens (including phenoxy) is 1. The first-order valence-corrected chi connectivity index (χ1v) is 9.10. The molecular weight excluding hydrogens is 334 g/mol. The number of rotatable bonds is 6. The maximum Gasteiger partial charge on any atom is 0.321 e. The lowest BCUT2D eigenvalue weighted by atomic mass is 9.97. The molecule has 0 aromatic heterocycles. The number of para-hydroxylation sites is 1. The molecule has 1 aliphatic rings. The monoisotopic (exact) mass is 361 g/mol. The summed E-state index contributed by atoms with van der Waals surface area (Å²) in [6.45, 7) is 5.06. The Labute approximate surface area is 154 Å². The molecule has 0 aliphatic carbocycles. The zero-order chi connectivity index (χ0) is 18.9. The summed E-state index contributed by atoms with van der Waals surface area (Å²) in [5.74, 6) is -0.927. The van der Waals surface area contributed by atoms with Gasteiger partial charge in [-0.25, -0.2) is 4.79 Å². The maximum atomic E-state index is 12.3. The van der Waals surface area contributed by atoms with Crippen molar-refractivity contribution in [3.63, 3.8) is 0 Å². The van der Waals surface area contributed by atoms with E-state index in [9.17, 15) is 14.4 Å². The van der Waals surface area contributed by atoms with E-state index in [2.05, 4.69) is 10.6 Å². The Kier molecular flexibility index (Phi) is 7.44.